The Kier molecular flexibility index (Phi) is 2.63. The van der Waals surface area contributed by atoms with Crippen LogP contribution in [-0.4, -0.2) is 6.61 Å². The molecule has 0 bridgehead atoms. The van der Waals surface area contributed by atoms with Gasteiger partial charge in [-0.2, -0.15) is 0 Å². The summed E-state index contributed by atoms with van der Waals surface area (Å²) in [7, 11) is 0. The lowest BCUT2D eigenvalue weighted by molar-refractivity contribution is 0.230. The third kappa shape index (κ3) is 1.71. The van der Waals surface area contributed by atoms with E-state index in [0.29, 0.717) is 18.1 Å². The maximum absolute atomic E-state index is 13.6. The van der Waals surface area contributed by atoms with Gasteiger partial charge in [-0.05, 0) is 30.4 Å². The standard InChI is InChI=1S/C12H14F2O/c1-7(2)8-5-6-15-12-10(14)4-3-9(13)11(8)12/h3-4,7-8H,5-6H2,1-2H3. The summed E-state index contributed by atoms with van der Waals surface area (Å²) >= 11 is 0. The highest BCUT2D eigenvalue weighted by molar-refractivity contribution is 5.40. The number of fused-ring (bicyclic) bond motifs is 1. The molecule has 2 rings (SSSR count). The molecule has 1 aliphatic rings. The summed E-state index contributed by atoms with van der Waals surface area (Å²) in [6, 6.07) is 2.30. The second-order valence-electron chi connectivity index (χ2n) is 4.26. The zero-order valence-corrected chi connectivity index (χ0v) is 8.89. The Balaban J connectivity index is 2.54. The molecule has 1 aromatic carbocycles. The molecule has 82 valence electrons. The molecule has 0 radical (unpaired) electrons. The molecule has 1 heterocycles. The molecule has 15 heavy (non-hydrogen) atoms. The summed E-state index contributed by atoms with van der Waals surface area (Å²) in [5.41, 5.74) is 0.413. The van der Waals surface area contributed by atoms with Gasteiger partial charge in [0.2, 0.25) is 0 Å². The van der Waals surface area contributed by atoms with Crippen molar-refractivity contribution in [1.82, 2.24) is 0 Å². The van der Waals surface area contributed by atoms with Crippen molar-refractivity contribution in [3.8, 4) is 5.75 Å². The summed E-state index contributed by atoms with van der Waals surface area (Å²) < 4.78 is 32.2. The Morgan fingerprint density at radius 1 is 1.27 bits per heavy atom. The van der Waals surface area contributed by atoms with Crippen LogP contribution in [0.5, 0.6) is 5.75 Å². The van der Waals surface area contributed by atoms with Crippen molar-refractivity contribution in [3.63, 3.8) is 0 Å². The van der Waals surface area contributed by atoms with Gasteiger partial charge in [-0.25, -0.2) is 8.78 Å². The monoisotopic (exact) mass is 212 g/mol. The van der Waals surface area contributed by atoms with Crippen molar-refractivity contribution >= 4 is 0 Å². The van der Waals surface area contributed by atoms with E-state index in [-0.39, 0.29) is 17.5 Å². The average molecular weight is 212 g/mol. The van der Waals surface area contributed by atoms with E-state index in [0.717, 1.165) is 12.5 Å². The summed E-state index contributed by atoms with van der Waals surface area (Å²) in [6.45, 7) is 4.50. The number of hydrogen-bond donors (Lipinski definition) is 0. The van der Waals surface area contributed by atoms with E-state index in [9.17, 15) is 8.78 Å². The molecule has 1 atom stereocenters. The zero-order valence-electron chi connectivity index (χ0n) is 8.89. The topological polar surface area (TPSA) is 9.23 Å². The predicted molar refractivity (Wildman–Crippen MR) is 54.0 cm³/mol. The summed E-state index contributed by atoms with van der Waals surface area (Å²) in [5, 5.41) is 0. The van der Waals surface area contributed by atoms with E-state index in [2.05, 4.69) is 0 Å². The largest absolute Gasteiger partial charge is 0.490 e. The fourth-order valence-corrected chi connectivity index (χ4v) is 2.14. The lowest BCUT2D eigenvalue weighted by Gasteiger charge is -2.29. The third-order valence-corrected chi connectivity index (χ3v) is 2.95. The normalized spacial score (nSPS) is 19.9. The van der Waals surface area contributed by atoms with Crippen molar-refractivity contribution in [2.75, 3.05) is 6.61 Å². The first-order valence-corrected chi connectivity index (χ1v) is 5.22. The number of benzene rings is 1. The number of ether oxygens (including phenoxy) is 1. The molecule has 0 aliphatic carbocycles. The molecule has 1 unspecified atom stereocenters. The lowest BCUT2D eigenvalue weighted by atomic mass is 9.84. The Hall–Kier alpha value is -1.12. The molecule has 1 nitrogen and oxygen atoms in total. The Morgan fingerprint density at radius 3 is 2.60 bits per heavy atom. The predicted octanol–water partition coefficient (Wildman–Crippen LogP) is 3.49. The van der Waals surface area contributed by atoms with Gasteiger partial charge >= 0.3 is 0 Å². The van der Waals surface area contributed by atoms with Gasteiger partial charge in [0.05, 0.1) is 6.61 Å². The van der Waals surface area contributed by atoms with Crippen LogP contribution in [0, 0.1) is 17.6 Å². The van der Waals surface area contributed by atoms with E-state index < -0.39 is 5.82 Å². The molecule has 3 heteroatoms. The second kappa shape index (κ2) is 3.80. The third-order valence-electron chi connectivity index (χ3n) is 2.95. The van der Waals surface area contributed by atoms with Gasteiger partial charge < -0.3 is 4.74 Å². The van der Waals surface area contributed by atoms with Crippen LogP contribution in [0.25, 0.3) is 0 Å². The number of rotatable bonds is 1. The maximum atomic E-state index is 13.6. The van der Waals surface area contributed by atoms with E-state index in [1.165, 1.54) is 6.07 Å². The minimum absolute atomic E-state index is 0.0597. The molecule has 1 aromatic rings. The van der Waals surface area contributed by atoms with Crippen molar-refractivity contribution in [1.29, 1.82) is 0 Å². The Morgan fingerprint density at radius 2 is 1.93 bits per heavy atom. The van der Waals surface area contributed by atoms with Crippen molar-refractivity contribution in [2.24, 2.45) is 5.92 Å². The molecule has 0 aromatic heterocycles. The van der Waals surface area contributed by atoms with Gasteiger partial charge in [0, 0.05) is 5.56 Å². The molecule has 1 aliphatic heterocycles. The SMILES string of the molecule is CC(C)C1CCOc2c(F)ccc(F)c21. The molecule has 0 amide bonds. The molecular weight excluding hydrogens is 198 g/mol. The van der Waals surface area contributed by atoms with Crippen LogP contribution in [-0.2, 0) is 0 Å². The highest BCUT2D eigenvalue weighted by Crippen LogP contribution is 2.41. The van der Waals surface area contributed by atoms with Crippen LogP contribution in [0.2, 0.25) is 0 Å². The fraction of sp³-hybridized carbons (Fsp3) is 0.500. The molecule has 0 N–H and O–H groups in total. The number of hydrogen-bond acceptors (Lipinski definition) is 1. The molecule has 0 fully saturated rings. The molecule has 0 saturated heterocycles. The van der Waals surface area contributed by atoms with E-state index >= 15 is 0 Å². The minimum Gasteiger partial charge on any atom is -0.490 e. The lowest BCUT2D eigenvalue weighted by Crippen LogP contribution is -2.20. The van der Waals surface area contributed by atoms with Crippen LogP contribution < -0.4 is 4.74 Å². The van der Waals surface area contributed by atoms with Crippen LogP contribution in [0.4, 0.5) is 8.78 Å². The van der Waals surface area contributed by atoms with Crippen molar-refractivity contribution < 1.29 is 13.5 Å². The van der Waals surface area contributed by atoms with E-state index in [4.69, 9.17) is 4.74 Å². The summed E-state index contributed by atoms with van der Waals surface area (Å²) in [5.74, 6) is -0.352. The van der Waals surface area contributed by atoms with E-state index in [1.54, 1.807) is 0 Å². The van der Waals surface area contributed by atoms with Gasteiger partial charge in [-0.1, -0.05) is 13.8 Å². The van der Waals surface area contributed by atoms with E-state index in [1.807, 2.05) is 13.8 Å². The summed E-state index contributed by atoms with van der Waals surface area (Å²) in [6.07, 6.45) is 0.755. The highest BCUT2D eigenvalue weighted by atomic mass is 19.1. The van der Waals surface area contributed by atoms with Crippen LogP contribution in [0.3, 0.4) is 0 Å². The van der Waals surface area contributed by atoms with Gasteiger partial charge in [-0.15, -0.1) is 0 Å². The second-order valence-corrected chi connectivity index (χ2v) is 4.26. The van der Waals surface area contributed by atoms with Gasteiger partial charge in [0.1, 0.15) is 5.82 Å². The minimum atomic E-state index is -0.461. The smallest absolute Gasteiger partial charge is 0.165 e. The maximum Gasteiger partial charge on any atom is 0.165 e. The van der Waals surface area contributed by atoms with Crippen molar-refractivity contribution in [3.05, 3.63) is 29.3 Å². The summed E-state index contributed by atoms with van der Waals surface area (Å²) in [4.78, 5) is 0. The van der Waals surface area contributed by atoms with Crippen LogP contribution >= 0.6 is 0 Å². The van der Waals surface area contributed by atoms with Gasteiger partial charge in [0.15, 0.2) is 11.6 Å². The first kappa shape index (κ1) is 10.4. The fourth-order valence-electron chi connectivity index (χ4n) is 2.14. The first-order valence-electron chi connectivity index (χ1n) is 5.22. The number of halogens is 2. The van der Waals surface area contributed by atoms with Crippen LogP contribution in [0.1, 0.15) is 31.7 Å². The molecular formula is C12H14F2O. The average Bonchev–Trinajstić information content (AvgIpc) is 2.23. The Bertz CT molecular complexity index is 374. The molecule has 0 spiro atoms. The van der Waals surface area contributed by atoms with Gasteiger partial charge in [0.25, 0.3) is 0 Å². The first-order chi connectivity index (χ1) is 7.11. The van der Waals surface area contributed by atoms with Crippen molar-refractivity contribution in [2.45, 2.75) is 26.2 Å². The quantitative estimate of drug-likeness (QED) is 0.692. The Labute approximate surface area is 88.1 Å². The highest BCUT2D eigenvalue weighted by Gasteiger charge is 2.29. The van der Waals surface area contributed by atoms with Crippen LogP contribution in [0.15, 0.2) is 12.1 Å². The van der Waals surface area contributed by atoms with Gasteiger partial charge in [-0.3, -0.25) is 0 Å². The molecule has 0 saturated carbocycles. The zero-order chi connectivity index (χ0) is 11.0.